The zero-order valence-corrected chi connectivity index (χ0v) is 12.0. The summed E-state index contributed by atoms with van der Waals surface area (Å²) in [6, 6.07) is 13.3. The Morgan fingerprint density at radius 2 is 1.85 bits per heavy atom. The molecule has 0 atom stereocenters. The van der Waals surface area contributed by atoms with Crippen LogP contribution >= 0.6 is 0 Å². The number of aromatic hydroxyl groups is 1. The smallest absolute Gasteiger partial charge is 0.117 e. The predicted octanol–water partition coefficient (Wildman–Crippen LogP) is 4.04. The minimum atomic E-state index is 0.259. The van der Waals surface area contributed by atoms with Crippen molar-refractivity contribution in [1.29, 1.82) is 5.26 Å². The van der Waals surface area contributed by atoms with Crippen molar-refractivity contribution in [3.63, 3.8) is 0 Å². The Kier molecular flexibility index (Phi) is 3.95. The minimum Gasteiger partial charge on any atom is -0.508 e. The molecule has 0 aromatic heterocycles. The van der Waals surface area contributed by atoms with Gasteiger partial charge >= 0.3 is 0 Å². The number of rotatable bonds is 3. The second-order valence-electron chi connectivity index (χ2n) is 4.83. The molecule has 2 aromatic rings. The van der Waals surface area contributed by atoms with E-state index in [0.717, 1.165) is 29.0 Å². The minimum absolute atomic E-state index is 0.259. The van der Waals surface area contributed by atoms with Gasteiger partial charge in [-0.2, -0.15) is 5.26 Å². The second-order valence-corrected chi connectivity index (χ2v) is 4.83. The third-order valence-corrected chi connectivity index (χ3v) is 3.44. The van der Waals surface area contributed by atoms with E-state index in [1.807, 2.05) is 38.1 Å². The van der Waals surface area contributed by atoms with Gasteiger partial charge in [-0.3, -0.25) is 0 Å². The summed E-state index contributed by atoms with van der Waals surface area (Å²) in [5.41, 5.74) is 4.76. The molecular weight excluding hydrogens is 248 g/mol. The quantitative estimate of drug-likeness (QED) is 0.912. The molecule has 0 radical (unpaired) electrons. The van der Waals surface area contributed by atoms with E-state index in [1.165, 1.54) is 0 Å². The fourth-order valence-electron chi connectivity index (χ4n) is 2.32. The average Bonchev–Trinajstić information content (AvgIpc) is 2.44. The third-order valence-electron chi connectivity index (χ3n) is 3.44. The monoisotopic (exact) mass is 266 g/mol. The Morgan fingerprint density at radius 1 is 1.10 bits per heavy atom. The number of hydrogen-bond donors (Lipinski definition) is 1. The van der Waals surface area contributed by atoms with Crippen molar-refractivity contribution < 1.29 is 5.11 Å². The molecule has 0 aliphatic carbocycles. The summed E-state index contributed by atoms with van der Waals surface area (Å²) in [4.78, 5) is 2.13. The molecule has 2 aromatic carbocycles. The van der Waals surface area contributed by atoms with Gasteiger partial charge < -0.3 is 10.0 Å². The molecule has 3 nitrogen and oxygen atoms in total. The second kappa shape index (κ2) is 5.66. The Hall–Kier alpha value is -2.47. The number of anilines is 2. The highest BCUT2D eigenvalue weighted by atomic mass is 16.3. The molecule has 0 aliphatic rings. The van der Waals surface area contributed by atoms with Crippen LogP contribution in [-0.4, -0.2) is 11.7 Å². The molecule has 0 amide bonds. The fourth-order valence-corrected chi connectivity index (χ4v) is 2.32. The molecule has 0 aliphatic heterocycles. The van der Waals surface area contributed by atoms with E-state index < -0.39 is 0 Å². The maximum Gasteiger partial charge on any atom is 0.117 e. The van der Waals surface area contributed by atoms with Crippen molar-refractivity contribution in [2.75, 3.05) is 11.4 Å². The van der Waals surface area contributed by atoms with Crippen LogP contribution in [0.15, 0.2) is 36.4 Å². The SMILES string of the molecule is CCN(c1ccc(C#N)c(C)c1)c1cc(O)ccc1C. The van der Waals surface area contributed by atoms with Crippen molar-refractivity contribution in [2.45, 2.75) is 20.8 Å². The number of phenolic OH excluding ortho intramolecular Hbond substituents is 1. The highest BCUT2D eigenvalue weighted by Gasteiger charge is 2.12. The highest BCUT2D eigenvalue weighted by molar-refractivity contribution is 5.69. The molecule has 0 bridgehead atoms. The van der Waals surface area contributed by atoms with Gasteiger partial charge in [0.1, 0.15) is 5.75 Å². The molecule has 102 valence electrons. The Bertz CT molecular complexity index is 671. The van der Waals surface area contributed by atoms with E-state index in [0.29, 0.717) is 5.56 Å². The van der Waals surface area contributed by atoms with Crippen LogP contribution in [0.3, 0.4) is 0 Å². The standard InChI is InChI=1S/C17H18N2O/c1-4-19(17-10-16(20)8-5-12(17)2)15-7-6-14(11-18)13(3)9-15/h5-10,20H,4H2,1-3H3. The summed E-state index contributed by atoms with van der Waals surface area (Å²) in [5.74, 6) is 0.259. The lowest BCUT2D eigenvalue weighted by Crippen LogP contribution is -2.17. The van der Waals surface area contributed by atoms with Crippen LogP contribution in [0.4, 0.5) is 11.4 Å². The molecule has 0 unspecified atom stereocenters. The van der Waals surface area contributed by atoms with Crippen molar-refractivity contribution in [2.24, 2.45) is 0 Å². The lowest BCUT2D eigenvalue weighted by Gasteiger charge is -2.25. The van der Waals surface area contributed by atoms with E-state index >= 15 is 0 Å². The number of nitrogens with zero attached hydrogens (tertiary/aromatic N) is 2. The van der Waals surface area contributed by atoms with Crippen LogP contribution in [0.5, 0.6) is 5.75 Å². The van der Waals surface area contributed by atoms with Crippen LogP contribution < -0.4 is 4.90 Å². The number of phenols is 1. The van der Waals surface area contributed by atoms with Crippen molar-refractivity contribution in [3.8, 4) is 11.8 Å². The van der Waals surface area contributed by atoms with Gasteiger partial charge in [-0.25, -0.2) is 0 Å². The maximum atomic E-state index is 9.70. The van der Waals surface area contributed by atoms with Gasteiger partial charge in [-0.15, -0.1) is 0 Å². The average molecular weight is 266 g/mol. The van der Waals surface area contributed by atoms with Gasteiger partial charge in [0.25, 0.3) is 0 Å². The summed E-state index contributed by atoms with van der Waals surface area (Å²) < 4.78 is 0. The first-order valence-electron chi connectivity index (χ1n) is 6.64. The summed E-state index contributed by atoms with van der Waals surface area (Å²) >= 11 is 0. The first kappa shape index (κ1) is 14.0. The third kappa shape index (κ3) is 2.60. The van der Waals surface area contributed by atoms with Gasteiger partial charge in [0.05, 0.1) is 11.6 Å². The summed E-state index contributed by atoms with van der Waals surface area (Å²) in [7, 11) is 0. The molecule has 0 saturated heterocycles. The molecule has 0 saturated carbocycles. The lowest BCUT2D eigenvalue weighted by atomic mass is 10.1. The molecule has 3 heteroatoms. The molecule has 0 heterocycles. The molecular formula is C17H18N2O. The van der Waals surface area contributed by atoms with E-state index in [1.54, 1.807) is 12.1 Å². The first-order valence-corrected chi connectivity index (χ1v) is 6.64. The summed E-state index contributed by atoms with van der Waals surface area (Å²) in [6.07, 6.45) is 0. The van der Waals surface area contributed by atoms with E-state index in [9.17, 15) is 5.11 Å². The van der Waals surface area contributed by atoms with Gasteiger partial charge in [0.15, 0.2) is 0 Å². The number of benzene rings is 2. The maximum absolute atomic E-state index is 9.70. The summed E-state index contributed by atoms with van der Waals surface area (Å²) in [5, 5.41) is 18.7. The molecule has 0 spiro atoms. The van der Waals surface area contributed by atoms with Gasteiger partial charge in [-0.05, 0) is 56.2 Å². The van der Waals surface area contributed by atoms with Crippen molar-refractivity contribution in [3.05, 3.63) is 53.1 Å². The predicted molar refractivity (Wildman–Crippen MR) is 81.4 cm³/mol. The van der Waals surface area contributed by atoms with Crippen molar-refractivity contribution >= 4 is 11.4 Å². The summed E-state index contributed by atoms with van der Waals surface area (Å²) in [6.45, 7) is 6.81. The Morgan fingerprint density at radius 3 is 2.45 bits per heavy atom. The van der Waals surface area contributed by atoms with Crippen LogP contribution in [0, 0.1) is 25.2 Å². The van der Waals surface area contributed by atoms with Crippen LogP contribution in [0.1, 0.15) is 23.6 Å². The van der Waals surface area contributed by atoms with Gasteiger partial charge in [-0.1, -0.05) is 6.07 Å². The molecule has 1 N–H and O–H groups in total. The number of nitriles is 1. The Labute approximate surface area is 119 Å². The number of hydrogen-bond acceptors (Lipinski definition) is 3. The molecule has 0 fully saturated rings. The van der Waals surface area contributed by atoms with Crippen LogP contribution in [0.25, 0.3) is 0 Å². The normalized spacial score (nSPS) is 10.1. The van der Waals surface area contributed by atoms with Crippen LogP contribution in [-0.2, 0) is 0 Å². The zero-order valence-electron chi connectivity index (χ0n) is 12.0. The molecule has 2 rings (SSSR count). The van der Waals surface area contributed by atoms with E-state index in [-0.39, 0.29) is 5.75 Å². The van der Waals surface area contributed by atoms with Crippen molar-refractivity contribution in [1.82, 2.24) is 0 Å². The Balaban J connectivity index is 2.50. The van der Waals surface area contributed by atoms with Gasteiger partial charge in [0, 0.05) is 24.0 Å². The first-order chi connectivity index (χ1) is 9.56. The highest BCUT2D eigenvalue weighted by Crippen LogP contribution is 2.31. The zero-order chi connectivity index (χ0) is 14.7. The van der Waals surface area contributed by atoms with E-state index in [4.69, 9.17) is 5.26 Å². The fraction of sp³-hybridized carbons (Fsp3) is 0.235. The lowest BCUT2D eigenvalue weighted by molar-refractivity contribution is 0.475. The van der Waals surface area contributed by atoms with Gasteiger partial charge in [0.2, 0.25) is 0 Å². The number of aryl methyl sites for hydroxylation is 2. The topological polar surface area (TPSA) is 47.3 Å². The molecule has 20 heavy (non-hydrogen) atoms. The largest absolute Gasteiger partial charge is 0.508 e. The van der Waals surface area contributed by atoms with E-state index in [2.05, 4.69) is 17.9 Å². The van der Waals surface area contributed by atoms with Crippen LogP contribution in [0.2, 0.25) is 0 Å².